The first-order valence-electron chi connectivity index (χ1n) is 7.56. The highest BCUT2D eigenvalue weighted by molar-refractivity contribution is 6.10. The molecule has 1 aliphatic heterocycles. The summed E-state index contributed by atoms with van der Waals surface area (Å²) in [4.78, 5) is 12.6. The quantitative estimate of drug-likeness (QED) is 0.607. The van der Waals surface area contributed by atoms with Crippen LogP contribution in [-0.4, -0.2) is 18.0 Å². The molecular weight excluding hydrogens is 260 g/mol. The Kier molecular flexibility index (Phi) is 3.89. The van der Waals surface area contributed by atoms with Crippen LogP contribution in [0.15, 0.2) is 54.6 Å². The van der Waals surface area contributed by atoms with Crippen LogP contribution in [0.2, 0.25) is 0 Å². The standard InChI is InChI=1S/C19H20O2/c1-3-17-10-11-18(21-17)13(2)19(20)16-9-8-14-6-4-5-7-15(14)12-16/h4-9,12,17-18H,2-3,10-11H2,1H3/t17-,18+/m1/s1. The van der Waals surface area contributed by atoms with Gasteiger partial charge in [0.2, 0.25) is 0 Å². The van der Waals surface area contributed by atoms with Gasteiger partial charge in [-0.05, 0) is 36.1 Å². The molecule has 0 aromatic heterocycles. The van der Waals surface area contributed by atoms with Gasteiger partial charge in [0.05, 0.1) is 12.2 Å². The predicted octanol–water partition coefficient (Wildman–Crippen LogP) is 4.54. The molecule has 2 atom stereocenters. The summed E-state index contributed by atoms with van der Waals surface area (Å²) >= 11 is 0. The lowest BCUT2D eigenvalue weighted by Gasteiger charge is -2.14. The lowest BCUT2D eigenvalue weighted by Crippen LogP contribution is -2.18. The van der Waals surface area contributed by atoms with Crippen LogP contribution in [0.3, 0.4) is 0 Å². The monoisotopic (exact) mass is 280 g/mol. The Hall–Kier alpha value is -1.93. The minimum atomic E-state index is -0.117. The van der Waals surface area contributed by atoms with E-state index in [0.29, 0.717) is 11.1 Å². The maximum atomic E-state index is 12.6. The second-order valence-electron chi connectivity index (χ2n) is 5.65. The molecule has 1 fully saturated rings. The van der Waals surface area contributed by atoms with Gasteiger partial charge in [0.15, 0.2) is 5.78 Å². The molecule has 0 aliphatic carbocycles. The number of hydrogen-bond acceptors (Lipinski definition) is 2. The van der Waals surface area contributed by atoms with Crippen molar-refractivity contribution in [1.29, 1.82) is 0 Å². The average molecular weight is 280 g/mol. The molecule has 0 radical (unpaired) electrons. The Morgan fingerprint density at radius 3 is 2.67 bits per heavy atom. The summed E-state index contributed by atoms with van der Waals surface area (Å²) in [6.07, 6.45) is 3.07. The fourth-order valence-corrected chi connectivity index (χ4v) is 2.92. The molecule has 2 aromatic carbocycles. The summed E-state index contributed by atoms with van der Waals surface area (Å²) in [6, 6.07) is 13.9. The van der Waals surface area contributed by atoms with E-state index in [9.17, 15) is 4.79 Å². The molecule has 21 heavy (non-hydrogen) atoms. The predicted molar refractivity (Wildman–Crippen MR) is 85.6 cm³/mol. The topological polar surface area (TPSA) is 26.3 Å². The van der Waals surface area contributed by atoms with Crippen LogP contribution < -0.4 is 0 Å². The van der Waals surface area contributed by atoms with Gasteiger partial charge in [0.1, 0.15) is 0 Å². The molecule has 2 heteroatoms. The molecule has 0 saturated carbocycles. The molecule has 2 nitrogen and oxygen atoms in total. The second-order valence-corrected chi connectivity index (χ2v) is 5.65. The SMILES string of the molecule is C=C(C(=O)c1ccc2ccccc2c1)[C@@H]1CC[C@@H](CC)O1. The highest BCUT2D eigenvalue weighted by Gasteiger charge is 2.29. The summed E-state index contributed by atoms with van der Waals surface area (Å²) in [7, 11) is 0. The molecule has 0 amide bonds. The second kappa shape index (κ2) is 5.82. The molecule has 3 rings (SSSR count). The molecule has 0 bridgehead atoms. The van der Waals surface area contributed by atoms with Crippen molar-refractivity contribution >= 4 is 16.6 Å². The van der Waals surface area contributed by atoms with Crippen molar-refractivity contribution in [2.45, 2.75) is 38.4 Å². The van der Waals surface area contributed by atoms with Crippen molar-refractivity contribution in [2.75, 3.05) is 0 Å². The smallest absolute Gasteiger partial charge is 0.191 e. The van der Waals surface area contributed by atoms with Gasteiger partial charge in [-0.3, -0.25) is 4.79 Å². The minimum absolute atomic E-state index is 0.00232. The molecule has 0 unspecified atom stereocenters. The summed E-state index contributed by atoms with van der Waals surface area (Å²) in [5, 5.41) is 2.22. The zero-order valence-electron chi connectivity index (χ0n) is 12.3. The normalized spacial score (nSPS) is 21.6. The number of hydrogen-bond donors (Lipinski definition) is 0. The largest absolute Gasteiger partial charge is 0.370 e. The maximum absolute atomic E-state index is 12.6. The van der Waals surface area contributed by atoms with Crippen molar-refractivity contribution in [2.24, 2.45) is 0 Å². The van der Waals surface area contributed by atoms with Gasteiger partial charge in [-0.25, -0.2) is 0 Å². The van der Waals surface area contributed by atoms with Crippen LogP contribution >= 0.6 is 0 Å². The number of Topliss-reactive ketones (excluding diaryl/α,β-unsaturated/α-hetero) is 1. The van der Waals surface area contributed by atoms with E-state index in [1.165, 1.54) is 0 Å². The summed E-state index contributed by atoms with van der Waals surface area (Å²) in [6.45, 7) is 6.10. The van der Waals surface area contributed by atoms with Crippen molar-refractivity contribution in [1.82, 2.24) is 0 Å². The van der Waals surface area contributed by atoms with Crippen molar-refractivity contribution in [3.63, 3.8) is 0 Å². The lowest BCUT2D eigenvalue weighted by molar-refractivity contribution is 0.0591. The molecule has 1 aliphatic rings. The Bertz CT molecular complexity index is 687. The van der Waals surface area contributed by atoms with E-state index in [1.54, 1.807) is 0 Å². The van der Waals surface area contributed by atoms with Crippen molar-refractivity contribution < 1.29 is 9.53 Å². The van der Waals surface area contributed by atoms with E-state index in [4.69, 9.17) is 4.74 Å². The highest BCUT2D eigenvalue weighted by atomic mass is 16.5. The van der Waals surface area contributed by atoms with Crippen LogP contribution in [0.4, 0.5) is 0 Å². The number of carbonyl (C=O) groups excluding carboxylic acids is 1. The van der Waals surface area contributed by atoms with E-state index in [2.05, 4.69) is 13.5 Å². The van der Waals surface area contributed by atoms with Crippen molar-refractivity contribution in [3.8, 4) is 0 Å². The fraction of sp³-hybridized carbons (Fsp3) is 0.316. The van der Waals surface area contributed by atoms with Crippen LogP contribution in [0, 0.1) is 0 Å². The van der Waals surface area contributed by atoms with Crippen LogP contribution in [0.1, 0.15) is 36.5 Å². The Morgan fingerprint density at radius 1 is 1.19 bits per heavy atom. The van der Waals surface area contributed by atoms with Gasteiger partial charge in [0, 0.05) is 11.1 Å². The van der Waals surface area contributed by atoms with Gasteiger partial charge < -0.3 is 4.74 Å². The lowest BCUT2D eigenvalue weighted by atomic mass is 9.96. The molecule has 1 heterocycles. The third-order valence-electron chi connectivity index (χ3n) is 4.25. The van der Waals surface area contributed by atoms with Gasteiger partial charge in [-0.15, -0.1) is 0 Å². The van der Waals surface area contributed by atoms with Gasteiger partial charge >= 0.3 is 0 Å². The molecule has 0 N–H and O–H groups in total. The Balaban J connectivity index is 1.81. The molecule has 0 spiro atoms. The summed E-state index contributed by atoms with van der Waals surface area (Å²) in [5.74, 6) is 0.00232. The van der Waals surface area contributed by atoms with Crippen LogP contribution in [-0.2, 0) is 4.74 Å². The van der Waals surface area contributed by atoms with E-state index in [1.807, 2.05) is 42.5 Å². The van der Waals surface area contributed by atoms with E-state index in [0.717, 1.165) is 30.0 Å². The molecular formula is C19H20O2. The number of ether oxygens (including phenoxy) is 1. The average Bonchev–Trinajstić information content (AvgIpc) is 3.02. The van der Waals surface area contributed by atoms with E-state index in [-0.39, 0.29) is 18.0 Å². The zero-order valence-corrected chi connectivity index (χ0v) is 12.3. The number of fused-ring (bicyclic) bond motifs is 1. The molecule has 1 saturated heterocycles. The first kappa shape index (κ1) is 14.0. The third kappa shape index (κ3) is 2.77. The Labute approximate surface area is 125 Å². The summed E-state index contributed by atoms with van der Waals surface area (Å²) in [5.41, 5.74) is 1.28. The fourth-order valence-electron chi connectivity index (χ4n) is 2.92. The number of benzene rings is 2. The first-order chi connectivity index (χ1) is 10.2. The maximum Gasteiger partial charge on any atom is 0.191 e. The zero-order chi connectivity index (χ0) is 14.8. The van der Waals surface area contributed by atoms with E-state index < -0.39 is 0 Å². The number of carbonyl (C=O) groups is 1. The van der Waals surface area contributed by atoms with Crippen LogP contribution in [0.5, 0.6) is 0 Å². The minimum Gasteiger partial charge on any atom is -0.370 e. The van der Waals surface area contributed by atoms with E-state index >= 15 is 0 Å². The Morgan fingerprint density at radius 2 is 1.95 bits per heavy atom. The first-order valence-corrected chi connectivity index (χ1v) is 7.56. The van der Waals surface area contributed by atoms with Gasteiger partial charge in [-0.2, -0.15) is 0 Å². The molecule has 108 valence electrons. The number of ketones is 1. The van der Waals surface area contributed by atoms with Gasteiger partial charge in [0.25, 0.3) is 0 Å². The summed E-state index contributed by atoms with van der Waals surface area (Å²) < 4.78 is 5.88. The van der Waals surface area contributed by atoms with Gasteiger partial charge in [-0.1, -0.05) is 49.9 Å². The highest BCUT2D eigenvalue weighted by Crippen LogP contribution is 2.28. The number of rotatable bonds is 4. The molecule has 2 aromatic rings. The van der Waals surface area contributed by atoms with Crippen molar-refractivity contribution in [3.05, 3.63) is 60.2 Å². The third-order valence-corrected chi connectivity index (χ3v) is 4.25. The van der Waals surface area contributed by atoms with Crippen LogP contribution in [0.25, 0.3) is 10.8 Å².